The number of rotatable bonds is 13. The van der Waals surface area contributed by atoms with Crippen LogP contribution < -0.4 is 39.5 Å². The molecule has 0 spiro atoms. The van der Waals surface area contributed by atoms with Gasteiger partial charge in [0.1, 0.15) is 11.6 Å². The van der Waals surface area contributed by atoms with Crippen molar-refractivity contribution in [2.45, 2.75) is 12.8 Å². The molecule has 0 fully saturated rings. The average molecular weight is 571 g/mol. The predicted molar refractivity (Wildman–Crippen MR) is 112 cm³/mol. The number of halogens is 3. The summed E-state index contributed by atoms with van der Waals surface area (Å²) in [6.45, 7) is 4.33. The first-order valence-corrected chi connectivity index (χ1v) is 11.8. The van der Waals surface area contributed by atoms with E-state index in [0.29, 0.717) is 13.1 Å². The Balaban J connectivity index is 0.00000185. The van der Waals surface area contributed by atoms with E-state index in [1.165, 1.54) is 36.7 Å². The number of aliphatic imine (C=N–C) groups is 2. The Hall–Kier alpha value is -2.19. The predicted octanol–water partition coefficient (Wildman–Crippen LogP) is -3.15. The van der Waals surface area contributed by atoms with Gasteiger partial charge in [0.05, 0.1) is 0 Å². The van der Waals surface area contributed by atoms with Crippen molar-refractivity contribution >= 4 is 12.4 Å². The van der Waals surface area contributed by atoms with Crippen molar-refractivity contribution in [1.82, 2.24) is 10.6 Å². The van der Waals surface area contributed by atoms with Gasteiger partial charge in [0.2, 0.25) is 0 Å². The van der Waals surface area contributed by atoms with Crippen molar-refractivity contribution in [3.05, 3.63) is 59.2 Å². The van der Waals surface area contributed by atoms with Crippen molar-refractivity contribution in [3.8, 4) is 11.5 Å². The summed E-state index contributed by atoms with van der Waals surface area (Å²) in [6.07, 6.45) is 4.47. The third-order valence-corrected chi connectivity index (χ3v) is 4.16. The maximum Gasteiger partial charge on any atom is 3.00 e. The summed E-state index contributed by atoms with van der Waals surface area (Å²) in [4.78, 5) is 8.30. The molecule has 0 radical (unpaired) electrons. The Bertz CT molecular complexity index is 876. The molecular formula is C22H26ClF2MnN4O6. The molecule has 14 heteroatoms. The van der Waals surface area contributed by atoms with Crippen LogP contribution in [-0.2, 0) is 17.1 Å². The monoisotopic (exact) mass is 570 g/mol. The zero-order valence-electron chi connectivity index (χ0n) is 19.1. The van der Waals surface area contributed by atoms with Gasteiger partial charge in [-0.2, -0.15) is 0 Å². The molecule has 10 nitrogen and oxygen atoms in total. The Labute approximate surface area is 220 Å². The summed E-state index contributed by atoms with van der Waals surface area (Å²) < 4.78 is 60.1. The van der Waals surface area contributed by atoms with Crippen LogP contribution in [0, 0.1) is 21.9 Å². The first kappa shape index (κ1) is 33.8. The summed E-state index contributed by atoms with van der Waals surface area (Å²) >= 11 is 0. The van der Waals surface area contributed by atoms with Gasteiger partial charge in [0, 0.05) is 38.6 Å². The normalized spacial score (nSPS) is 11.4. The third kappa shape index (κ3) is 18.1. The van der Waals surface area contributed by atoms with E-state index >= 15 is 0 Å². The SMILES string of the molecule is [Mn+3].[O-][Cl+3]([O-])([O-])[O-].[O-]c1ccc(F)cc1C=NCCCNCCNCCCN=Cc1cc(F)ccc1[O-]. The number of nitrogens with one attached hydrogen (secondary N) is 2. The second-order valence-corrected chi connectivity index (χ2v) is 7.78. The van der Waals surface area contributed by atoms with Crippen molar-refractivity contribution in [1.29, 1.82) is 0 Å². The molecule has 2 N–H and O–H groups in total. The molecule has 2 aromatic rings. The molecule has 198 valence electrons. The van der Waals surface area contributed by atoms with Gasteiger partial charge in [-0.15, -0.1) is 10.2 Å². The van der Waals surface area contributed by atoms with Gasteiger partial charge in [0.25, 0.3) is 0 Å². The van der Waals surface area contributed by atoms with Crippen LogP contribution in [0.5, 0.6) is 11.5 Å². The fourth-order valence-corrected chi connectivity index (χ4v) is 2.58. The van der Waals surface area contributed by atoms with Crippen LogP contribution in [0.2, 0.25) is 0 Å². The van der Waals surface area contributed by atoms with Crippen molar-refractivity contribution in [3.63, 3.8) is 0 Å². The van der Waals surface area contributed by atoms with Crippen LogP contribution in [0.3, 0.4) is 0 Å². The second kappa shape index (κ2) is 19.0. The number of benzene rings is 2. The zero-order chi connectivity index (χ0) is 26.1. The molecule has 0 heterocycles. The molecule has 0 aliphatic carbocycles. The molecule has 0 saturated carbocycles. The molecule has 0 aromatic heterocycles. The van der Waals surface area contributed by atoms with E-state index in [0.717, 1.165) is 51.2 Å². The van der Waals surface area contributed by atoms with Crippen molar-refractivity contribution < 1.29 is 64.9 Å². The largest absolute Gasteiger partial charge is 3.00 e. The van der Waals surface area contributed by atoms with E-state index in [-0.39, 0.29) is 39.7 Å². The van der Waals surface area contributed by atoms with Crippen LogP contribution in [0.1, 0.15) is 24.0 Å². The molecular weight excluding hydrogens is 545 g/mol. The Morgan fingerprint density at radius 3 is 1.42 bits per heavy atom. The topological polar surface area (TPSA) is 187 Å². The van der Waals surface area contributed by atoms with Crippen molar-refractivity contribution in [2.75, 3.05) is 39.3 Å². The smallest absolute Gasteiger partial charge is 0.872 e. The molecule has 2 rings (SSSR count). The summed E-state index contributed by atoms with van der Waals surface area (Å²) in [6, 6.07) is 7.05. The van der Waals surface area contributed by atoms with Crippen LogP contribution in [0.25, 0.3) is 0 Å². The van der Waals surface area contributed by atoms with E-state index in [4.69, 9.17) is 18.6 Å². The van der Waals surface area contributed by atoms with Crippen LogP contribution in [0.15, 0.2) is 46.4 Å². The molecule has 2 aromatic carbocycles. The van der Waals surface area contributed by atoms with Crippen LogP contribution >= 0.6 is 0 Å². The van der Waals surface area contributed by atoms with Gasteiger partial charge in [-0.1, -0.05) is 23.6 Å². The van der Waals surface area contributed by atoms with Gasteiger partial charge in [0.15, 0.2) is 0 Å². The number of hydrogen-bond acceptors (Lipinski definition) is 10. The Kier molecular flexibility index (Phi) is 17.8. The second-order valence-electron chi connectivity index (χ2n) is 7.02. The quantitative estimate of drug-likeness (QED) is 0.143. The van der Waals surface area contributed by atoms with E-state index in [1.54, 1.807) is 0 Å². The molecule has 0 atom stereocenters. The summed E-state index contributed by atoms with van der Waals surface area (Å²) in [5.41, 5.74) is 0.529. The van der Waals surface area contributed by atoms with Gasteiger partial charge in [-0.3, -0.25) is 9.98 Å². The first-order valence-electron chi connectivity index (χ1n) is 10.5. The van der Waals surface area contributed by atoms with E-state index < -0.39 is 21.9 Å². The van der Waals surface area contributed by atoms with Gasteiger partial charge < -0.3 is 20.8 Å². The van der Waals surface area contributed by atoms with Gasteiger partial charge in [-0.05, 0) is 61.3 Å². The summed E-state index contributed by atoms with van der Waals surface area (Å²) in [7, 11) is -4.94. The fraction of sp³-hybridized carbons (Fsp3) is 0.364. The fourth-order valence-electron chi connectivity index (χ4n) is 2.58. The van der Waals surface area contributed by atoms with Gasteiger partial charge in [-0.25, -0.2) is 27.4 Å². The molecule has 0 saturated heterocycles. The average Bonchev–Trinajstić information content (AvgIpc) is 2.77. The minimum atomic E-state index is -4.94. The third-order valence-electron chi connectivity index (χ3n) is 4.16. The summed E-state index contributed by atoms with van der Waals surface area (Å²) in [5.74, 6) is -1.36. The van der Waals surface area contributed by atoms with E-state index in [1.807, 2.05) is 0 Å². The molecule has 0 aliphatic rings. The standard InChI is InChI=1S/C22H28F2N4O2.ClHO4.Mn/c23-19-3-5-21(29)17(13-19)15-27-9-1-7-25-11-12-26-8-2-10-28-16-18-14-20(24)4-6-22(18)30;2-1(3,4)5;/h3-6,13-16,25-26,29-30H,1-2,7-12H2;(H,2,3,4,5);/q;;+3/p-3. The van der Waals surface area contributed by atoms with E-state index in [2.05, 4.69) is 20.6 Å². The first-order chi connectivity index (χ1) is 16.6. The molecule has 0 bridgehead atoms. The molecule has 36 heavy (non-hydrogen) atoms. The Morgan fingerprint density at radius 2 is 1.06 bits per heavy atom. The van der Waals surface area contributed by atoms with E-state index in [9.17, 15) is 19.0 Å². The molecule has 0 aliphatic heterocycles. The number of nitrogens with zero attached hydrogens (tertiary/aromatic N) is 2. The van der Waals surface area contributed by atoms with Crippen LogP contribution in [0.4, 0.5) is 8.78 Å². The maximum atomic E-state index is 13.1. The van der Waals surface area contributed by atoms with Gasteiger partial charge >= 0.3 is 17.1 Å². The Morgan fingerprint density at radius 1 is 0.694 bits per heavy atom. The molecule has 0 amide bonds. The van der Waals surface area contributed by atoms with Crippen LogP contribution in [-0.4, -0.2) is 51.7 Å². The minimum Gasteiger partial charge on any atom is -0.872 e. The van der Waals surface area contributed by atoms with Crippen molar-refractivity contribution in [2.24, 2.45) is 9.98 Å². The minimum absolute atomic E-state index is 0. The summed E-state index contributed by atoms with van der Waals surface area (Å²) in [5, 5.41) is 29.6. The maximum absolute atomic E-state index is 13.1. The zero-order valence-corrected chi connectivity index (χ0v) is 21.1. The molecule has 0 unspecified atom stereocenters. The number of hydrogen-bond donors (Lipinski definition) is 2.